The Morgan fingerprint density at radius 2 is 1.95 bits per heavy atom. The maximum atomic E-state index is 13.0. The summed E-state index contributed by atoms with van der Waals surface area (Å²) in [4.78, 5) is 18.3. The van der Waals surface area contributed by atoms with Crippen molar-refractivity contribution in [2.24, 2.45) is 0 Å². The number of carbonyl (C=O) groups is 1. The van der Waals surface area contributed by atoms with E-state index in [1.165, 1.54) is 18.3 Å². The highest BCUT2D eigenvalue weighted by Gasteiger charge is 2.21. The number of nitrogen functional groups attached to an aromatic ring is 1. The van der Waals surface area contributed by atoms with Gasteiger partial charge in [-0.15, -0.1) is 0 Å². The zero-order valence-corrected chi connectivity index (χ0v) is 12.3. The first-order valence-corrected chi connectivity index (χ1v) is 6.65. The van der Waals surface area contributed by atoms with Crippen LogP contribution in [0.4, 0.5) is 10.1 Å². The van der Waals surface area contributed by atoms with Crippen LogP contribution >= 0.6 is 0 Å². The summed E-state index contributed by atoms with van der Waals surface area (Å²) in [5.41, 5.74) is 8.12. The fourth-order valence-corrected chi connectivity index (χ4v) is 2.10. The van der Waals surface area contributed by atoms with Crippen LogP contribution in [0.2, 0.25) is 0 Å². The van der Waals surface area contributed by atoms with E-state index in [9.17, 15) is 9.18 Å². The highest BCUT2D eigenvalue weighted by Crippen LogP contribution is 2.22. The molecule has 5 heteroatoms. The highest BCUT2D eigenvalue weighted by atomic mass is 19.1. The standard InChI is InChI=1S/C16H18FN3O/c1-10-15(8-14(18)9-19-10)16(21)20(3)11(2)12-4-6-13(17)7-5-12/h4-9,11H,18H2,1-3H3. The Morgan fingerprint density at radius 3 is 2.57 bits per heavy atom. The van der Waals surface area contributed by atoms with E-state index in [0.29, 0.717) is 16.9 Å². The maximum absolute atomic E-state index is 13.0. The van der Waals surface area contributed by atoms with Crippen molar-refractivity contribution in [3.63, 3.8) is 0 Å². The molecule has 0 fully saturated rings. The molecule has 110 valence electrons. The summed E-state index contributed by atoms with van der Waals surface area (Å²) in [5.74, 6) is -0.458. The molecule has 2 rings (SSSR count). The Kier molecular flexibility index (Phi) is 4.21. The van der Waals surface area contributed by atoms with Crippen LogP contribution in [0.15, 0.2) is 36.5 Å². The van der Waals surface area contributed by atoms with Gasteiger partial charge in [-0.2, -0.15) is 0 Å². The van der Waals surface area contributed by atoms with Crippen molar-refractivity contribution in [1.29, 1.82) is 0 Å². The number of aryl methyl sites for hydroxylation is 1. The molecule has 0 bridgehead atoms. The molecular weight excluding hydrogens is 269 g/mol. The van der Waals surface area contributed by atoms with Crippen LogP contribution in [0.3, 0.4) is 0 Å². The first-order chi connectivity index (χ1) is 9.90. The second-order valence-electron chi connectivity index (χ2n) is 5.05. The number of nitrogens with zero attached hydrogens (tertiary/aromatic N) is 2. The number of benzene rings is 1. The molecule has 21 heavy (non-hydrogen) atoms. The van der Waals surface area contributed by atoms with Crippen LogP contribution in [0, 0.1) is 12.7 Å². The molecular formula is C16H18FN3O. The van der Waals surface area contributed by atoms with E-state index in [2.05, 4.69) is 4.98 Å². The van der Waals surface area contributed by atoms with Crippen molar-refractivity contribution < 1.29 is 9.18 Å². The van der Waals surface area contributed by atoms with E-state index in [0.717, 1.165) is 5.56 Å². The van der Waals surface area contributed by atoms with Gasteiger partial charge in [0, 0.05) is 7.05 Å². The van der Waals surface area contributed by atoms with Gasteiger partial charge < -0.3 is 10.6 Å². The number of nitrogens with two attached hydrogens (primary N) is 1. The quantitative estimate of drug-likeness (QED) is 0.944. The molecule has 1 unspecified atom stereocenters. The summed E-state index contributed by atoms with van der Waals surface area (Å²) in [7, 11) is 1.71. The van der Waals surface area contributed by atoms with Gasteiger partial charge in [0.1, 0.15) is 5.82 Å². The fraction of sp³-hybridized carbons (Fsp3) is 0.250. The normalized spacial score (nSPS) is 12.0. The average Bonchev–Trinajstić information content (AvgIpc) is 2.48. The molecule has 0 saturated carbocycles. The number of aromatic nitrogens is 1. The van der Waals surface area contributed by atoms with Crippen molar-refractivity contribution in [2.45, 2.75) is 19.9 Å². The first kappa shape index (κ1) is 15.0. The molecule has 0 spiro atoms. The number of hydrogen-bond acceptors (Lipinski definition) is 3. The number of rotatable bonds is 3. The molecule has 0 aliphatic heterocycles. The average molecular weight is 287 g/mol. The van der Waals surface area contributed by atoms with Crippen molar-refractivity contribution in [3.8, 4) is 0 Å². The second-order valence-corrected chi connectivity index (χ2v) is 5.05. The van der Waals surface area contributed by atoms with E-state index < -0.39 is 0 Å². The SMILES string of the molecule is Cc1ncc(N)cc1C(=O)N(C)C(C)c1ccc(F)cc1. The summed E-state index contributed by atoms with van der Waals surface area (Å²) >= 11 is 0. The lowest BCUT2D eigenvalue weighted by molar-refractivity contribution is 0.0741. The van der Waals surface area contributed by atoms with Crippen LogP contribution < -0.4 is 5.73 Å². The first-order valence-electron chi connectivity index (χ1n) is 6.65. The molecule has 2 aromatic rings. The Labute approximate surface area is 123 Å². The summed E-state index contributed by atoms with van der Waals surface area (Å²) in [6.07, 6.45) is 1.52. The van der Waals surface area contributed by atoms with Gasteiger partial charge in [-0.3, -0.25) is 9.78 Å². The lowest BCUT2D eigenvalue weighted by atomic mass is 10.1. The van der Waals surface area contributed by atoms with E-state index in [1.54, 1.807) is 37.1 Å². The van der Waals surface area contributed by atoms with Gasteiger partial charge >= 0.3 is 0 Å². The second kappa shape index (κ2) is 5.91. The zero-order valence-electron chi connectivity index (χ0n) is 12.3. The smallest absolute Gasteiger partial charge is 0.256 e. The fourth-order valence-electron chi connectivity index (χ4n) is 2.10. The molecule has 1 aromatic heterocycles. The van der Waals surface area contributed by atoms with Crippen LogP contribution in [-0.2, 0) is 0 Å². The molecule has 0 saturated heterocycles. The van der Waals surface area contributed by atoms with E-state index in [1.807, 2.05) is 6.92 Å². The van der Waals surface area contributed by atoms with Gasteiger partial charge in [0.05, 0.1) is 29.2 Å². The molecule has 0 aliphatic carbocycles. The Hall–Kier alpha value is -2.43. The van der Waals surface area contributed by atoms with Crippen molar-refractivity contribution in [2.75, 3.05) is 12.8 Å². The third kappa shape index (κ3) is 3.18. The third-order valence-corrected chi connectivity index (χ3v) is 3.59. The van der Waals surface area contributed by atoms with Crippen molar-refractivity contribution in [1.82, 2.24) is 9.88 Å². The predicted molar refractivity (Wildman–Crippen MR) is 80.3 cm³/mol. The van der Waals surface area contributed by atoms with E-state index >= 15 is 0 Å². The zero-order chi connectivity index (χ0) is 15.6. The van der Waals surface area contributed by atoms with Gasteiger partial charge in [-0.05, 0) is 37.6 Å². The molecule has 2 N–H and O–H groups in total. The number of pyridine rings is 1. The lowest BCUT2D eigenvalue weighted by Gasteiger charge is -2.26. The van der Waals surface area contributed by atoms with Gasteiger partial charge in [0.15, 0.2) is 0 Å². The van der Waals surface area contributed by atoms with Gasteiger partial charge in [-0.25, -0.2) is 4.39 Å². The van der Waals surface area contributed by atoms with Crippen molar-refractivity contribution in [3.05, 3.63) is 59.2 Å². The van der Waals surface area contributed by atoms with Gasteiger partial charge in [0.25, 0.3) is 5.91 Å². The van der Waals surface area contributed by atoms with Crippen LogP contribution in [0.5, 0.6) is 0 Å². The maximum Gasteiger partial charge on any atom is 0.256 e. The minimum atomic E-state index is -0.296. The molecule has 1 aromatic carbocycles. The largest absolute Gasteiger partial charge is 0.397 e. The molecule has 1 heterocycles. The summed E-state index contributed by atoms with van der Waals surface area (Å²) < 4.78 is 13.0. The summed E-state index contributed by atoms with van der Waals surface area (Å²) in [6.45, 7) is 3.66. The molecule has 1 amide bonds. The number of hydrogen-bond donors (Lipinski definition) is 1. The number of carbonyl (C=O) groups excluding carboxylic acids is 1. The minimum absolute atomic E-state index is 0.163. The minimum Gasteiger partial charge on any atom is -0.397 e. The number of halogens is 1. The van der Waals surface area contributed by atoms with Crippen LogP contribution in [0.25, 0.3) is 0 Å². The topological polar surface area (TPSA) is 59.2 Å². The Bertz CT molecular complexity index is 655. The predicted octanol–water partition coefficient (Wildman–Crippen LogP) is 2.94. The molecule has 0 radical (unpaired) electrons. The summed E-state index contributed by atoms with van der Waals surface area (Å²) in [5, 5.41) is 0. The Balaban J connectivity index is 2.26. The van der Waals surface area contributed by atoms with Gasteiger partial charge in [-0.1, -0.05) is 12.1 Å². The van der Waals surface area contributed by atoms with Crippen LogP contribution in [0.1, 0.15) is 34.6 Å². The number of amides is 1. The Morgan fingerprint density at radius 1 is 1.33 bits per heavy atom. The lowest BCUT2D eigenvalue weighted by Crippen LogP contribution is -2.30. The molecule has 4 nitrogen and oxygen atoms in total. The van der Waals surface area contributed by atoms with Crippen molar-refractivity contribution >= 4 is 11.6 Å². The van der Waals surface area contributed by atoms with E-state index in [4.69, 9.17) is 5.73 Å². The summed E-state index contributed by atoms with van der Waals surface area (Å²) in [6, 6.07) is 7.56. The van der Waals surface area contributed by atoms with Crippen LogP contribution in [-0.4, -0.2) is 22.8 Å². The molecule has 0 aliphatic rings. The van der Waals surface area contributed by atoms with E-state index in [-0.39, 0.29) is 17.8 Å². The number of anilines is 1. The van der Waals surface area contributed by atoms with Gasteiger partial charge in [0.2, 0.25) is 0 Å². The monoisotopic (exact) mass is 287 g/mol. The third-order valence-electron chi connectivity index (χ3n) is 3.59. The highest BCUT2D eigenvalue weighted by molar-refractivity contribution is 5.96. The molecule has 1 atom stereocenters.